The van der Waals surface area contributed by atoms with Crippen molar-refractivity contribution in [2.45, 2.75) is 26.0 Å². The minimum atomic E-state index is -0.414. The Morgan fingerprint density at radius 3 is 2.95 bits per heavy atom. The van der Waals surface area contributed by atoms with Crippen molar-refractivity contribution >= 4 is 17.3 Å². The smallest absolute Gasteiger partial charge is 0.269 e. The van der Waals surface area contributed by atoms with Gasteiger partial charge >= 0.3 is 0 Å². The van der Waals surface area contributed by atoms with Crippen molar-refractivity contribution in [3.63, 3.8) is 0 Å². The molecule has 0 radical (unpaired) electrons. The molecular weight excluding hydrogens is 268 g/mol. The van der Waals surface area contributed by atoms with Crippen LogP contribution in [0.2, 0.25) is 5.02 Å². The summed E-state index contributed by atoms with van der Waals surface area (Å²) in [5.41, 5.74) is 0.823. The van der Waals surface area contributed by atoms with Crippen LogP contribution in [-0.2, 0) is 6.54 Å². The first-order valence-electron chi connectivity index (χ1n) is 6.30. The minimum absolute atomic E-state index is 0.0597. The molecule has 1 aromatic rings. The molecule has 0 spiro atoms. The summed E-state index contributed by atoms with van der Waals surface area (Å²) in [6, 6.07) is 4.50. The first-order valence-corrected chi connectivity index (χ1v) is 6.68. The predicted octanol–water partition coefficient (Wildman–Crippen LogP) is 2.45. The molecule has 2 rings (SSSR count). The van der Waals surface area contributed by atoms with E-state index in [-0.39, 0.29) is 17.7 Å². The molecule has 1 saturated heterocycles. The molecule has 6 heteroatoms. The summed E-state index contributed by atoms with van der Waals surface area (Å²) in [4.78, 5) is 12.5. The largest absolute Gasteiger partial charge is 0.393 e. The van der Waals surface area contributed by atoms with E-state index in [9.17, 15) is 15.2 Å². The van der Waals surface area contributed by atoms with Crippen LogP contribution in [0, 0.1) is 16.0 Å². The van der Waals surface area contributed by atoms with Crippen LogP contribution in [0.5, 0.6) is 0 Å². The van der Waals surface area contributed by atoms with Gasteiger partial charge in [-0.15, -0.1) is 0 Å². The van der Waals surface area contributed by atoms with E-state index in [1.807, 2.05) is 6.92 Å². The summed E-state index contributed by atoms with van der Waals surface area (Å²) in [5, 5.41) is 21.0. The lowest BCUT2D eigenvalue weighted by atomic mass is 9.96. The molecule has 1 aliphatic rings. The number of benzene rings is 1. The summed E-state index contributed by atoms with van der Waals surface area (Å²) in [6.07, 6.45) is 0.477. The molecule has 1 N–H and O–H groups in total. The Morgan fingerprint density at radius 2 is 2.32 bits per heavy atom. The Kier molecular flexibility index (Phi) is 4.39. The van der Waals surface area contributed by atoms with Gasteiger partial charge in [0.1, 0.15) is 0 Å². The standard InChI is InChI=1S/C13H17ClN2O3/c1-9-7-15(5-4-13(9)17)8-10-6-11(16(18)19)2-3-12(10)14/h2-3,6,9,13,17H,4-5,7-8H2,1H3. The topological polar surface area (TPSA) is 66.6 Å². The van der Waals surface area contributed by atoms with Gasteiger partial charge < -0.3 is 5.11 Å². The number of hydrogen-bond acceptors (Lipinski definition) is 4. The van der Waals surface area contributed by atoms with Crippen LogP contribution < -0.4 is 0 Å². The molecule has 2 atom stereocenters. The fraction of sp³-hybridized carbons (Fsp3) is 0.538. The van der Waals surface area contributed by atoms with Gasteiger partial charge in [-0.25, -0.2) is 0 Å². The van der Waals surface area contributed by atoms with E-state index in [1.54, 1.807) is 6.07 Å². The first kappa shape index (κ1) is 14.2. The molecular formula is C13H17ClN2O3. The zero-order valence-corrected chi connectivity index (χ0v) is 11.5. The van der Waals surface area contributed by atoms with E-state index >= 15 is 0 Å². The van der Waals surface area contributed by atoms with Crippen LogP contribution in [0.3, 0.4) is 0 Å². The molecule has 0 amide bonds. The lowest BCUT2D eigenvalue weighted by Gasteiger charge is -2.34. The second-order valence-electron chi connectivity index (χ2n) is 5.10. The molecule has 19 heavy (non-hydrogen) atoms. The maximum atomic E-state index is 10.8. The van der Waals surface area contributed by atoms with Crippen molar-refractivity contribution in [2.24, 2.45) is 5.92 Å². The van der Waals surface area contributed by atoms with Crippen molar-refractivity contribution in [1.29, 1.82) is 0 Å². The Labute approximate surface area is 116 Å². The number of likely N-dealkylation sites (tertiary alicyclic amines) is 1. The molecule has 1 aliphatic heterocycles. The van der Waals surface area contributed by atoms with Crippen molar-refractivity contribution < 1.29 is 10.0 Å². The van der Waals surface area contributed by atoms with Gasteiger partial charge in [0.2, 0.25) is 0 Å². The summed E-state index contributed by atoms with van der Waals surface area (Å²) in [5.74, 6) is 0.214. The third kappa shape index (κ3) is 3.43. The highest BCUT2D eigenvalue weighted by molar-refractivity contribution is 6.31. The lowest BCUT2D eigenvalue weighted by molar-refractivity contribution is -0.384. The van der Waals surface area contributed by atoms with Crippen molar-refractivity contribution in [2.75, 3.05) is 13.1 Å². The summed E-state index contributed by atoms with van der Waals surface area (Å²) in [7, 11) is 0. The molecule has 2 unspecified atom stereocenters. The number of piperidine rings is 1. The van der Waals surface area contributed by atoms with Gasteiger partial charge in [-0.1, -0.05) is 18.5 Å². The zero-order valence-electron chi connectivity index (χ0n) is 10.8. The summed E-state index contributed by atoms with van der Waals surface area (Å²) < 4.78 is 0. The average Bonchev–Trinajstić information content (AvgIpc) is 2.36. The monoisotopic (exact) mass is 284 g/mol. The van der Waals surface area contributed by atoms with Gasteiger partial charge in [0.05, 0.1) is 11.0 Å². The number of halogens is 1. The average molecular weight is 285 g/mol. The third-order valence-corrected chi connectivity index (χ3v) is 3.95. The highest BCUT2D eigenvalue weighted by Gasteiger charge is 2.24. The SMILES string of the molecule is CC1CN(Cc2cc([N+](=O)[O-])ccc2Cl)CCC1O. The Hall–Kier alpha value is -1.17. The van der Waals surface area contributed by atoms with Gasteiger partial charge in [0, 0.05) is 36.8 Å². The number of rotatable bonds is 3. The van der Waals surface area contributed by atoms with E-state index in [2.05, 4.69) is 4.90 Å². The van der Waals surface area contributed by atoms with E-state index < -0.39 is 4.92 Å². The molecule has 1 aromatic carbocycles. The minimum Gasteiger partial charge on any atom is -0.393 e. The van der Waals surface area contributed by atoms with E-state index in [1.165, 1.54) is 12.1 Å². The number of nitro benzene ring substituents is 1. The highest BCUT2D eigenvalue weighted by atomic mass is 35.5. The number of hydrogen-bond donors (Lipinski definition) is 1. The van der Waals surface area contributed by atoms with Crippen molar-refractivity contribution in [3.05, 3.63) is 38.9 Å². The van der Waals surface area contributed by atoms with Crippen LogP contribution in [0.1, 0.15) is 18.9 Å². The van der Waals surface area contributed by atoms with Crippen molar-refractivity contribution in [3.8, 4) is 0 Å². The first-order chi connectivity index (χ1) is 8.97. The molecule has 1 fully saturated rings. The van der Waals surface area contributed by atoms with Crippen LogP contribution in [-0.4, -0.2) is 34.1 Å². The quantitative estimate of drug-likeness (QED) is 0.684. The van der Waals surface area contributed by atoms with E-state index in [0.717, 1.165) is 25.1 Å². The van der Waals surface area contributed by atoms with Crippen LogP contribution in [0.25, 0.3) is 0 Å². The normalized spacial score (nSPS) is 24.4. The molecule has 0 saturated carbocycles. The maximum Gasteiger partial charge on any atom is 0.269 e. The number of aliphatic hydroxyl groups is 1. The number of non-ortho nitro benzene ring substituents is 1. The fourth-order valence-electron chi connectivity index (χ4n) is 2.40. The second-order valence-corrected chi connectivity index (χ2v) is 5.51. The van der Waals surface area contributed by atoms with Gasteiger partial charge in [0.25, 0.3) is 5.69 Å². The van der Waals surface area contributed by atoms with Gasteiger partial charge in [-0.3, -0.25) is 15.0 Å². The maximum absolute atomic E-state index is 10.8. The fourth-order valence-corrected chi connectivity index (χ4v) is 2.58. The molecule has 104 valence electrons. The Morgan fingerprint density at radius 1 is 1.58 bits per heavy atom. The van der Waals surface area contributed by atoms with Gasteiger partial charge in [0.15, 0.2) is 0 Å². The number of nitro groups is 1. The molecule has 0 aliphatic carbocycles. The highest BCUT2D eigenvalue weighted by Crippen LogP contribution is 2.25. The number of nitrogens with zero attached hydrogens (tertiary/aromatic N) is 2. The van der Waals surface area contributed by atoms with Gasteiger partial charge in [-0.05, 0) is 24.0 Å². The second kappa shape index (κ2) is 5.86. The molecule has 0 bridgehead atoms. The van der Waals surface area contributed by atoms with E-state index in [4.69, 9.17) is 11.6 Å². The lowest BCUT2D eigenvalue weighted by Crippen LogP contribution is -2.41. The number of aliphatic hydroxyl groups excluding tert-OH is 1. The summed E-state index contributed by atoms with van der Waals surface area (Å²) >= 11 is 6.09. The predicted molar refractivity (Wildman–Crippen MR) is 73.2 cm³/mol. The van der Waals surface area contributed by atoms with Crippen LogP contribution in [0.4, 0.5) is 5.69 Å². The van der Waals surface area contributed by atoms with Crippen LogP contribution in [0.15, 0.2) is 18.2 Å². The van der Waals surface area contributed by atoms with Gasteiger partial charge in [-0.2, -0.15) is 0 Å². The van der Waals surface area contributed by atoms with Crippen molar-refractivity contribution in [1.82, 2.24) is 4.90 Å². The molecule has 1 heterocycles. The van der Waals surface area contributed by atoms with Crippen LogP contribution >= 0.6 is 11.6 Å². The zero-order chi connectivity index (χ0) is 14.0. The Bertz CT molecular complexity index is 481. The van der Waals surface area contributed by atoms with E-state index in [0.29, 0.717) is 11.6 Å². The molecule has 5 nitrogen and oxygen atoms in total. The third-order valence-electron chi connectivity index (χ3n) is 3.58. The summed E-state index contributed by atoms with van der Waals surface area (Å²) in [6.45, 7) is 4.15. The Balaban J connectivity index is 2.10. The molecule has 0 aromatic heterocycles.